The maximum absolute atomic E-state index is 12.4. The van der Waals surface area contributed by atoms with Crippen molar-refractivity contribution in [1.29, 1.82) is 0 Å². The predicted octanol–water partition coefficient (Wildman–Crippen LogP) is 1.93. The molecule has 1 atom stereocenters. The molecule has 6 nitrogen and oxygen atoms in total. The van der Waals surface area contributed by atoms with Gasteiger partial charge in [0.15, 0.2) is 0 Å². The molecule has 2 amide bonds. The number of nitrogens with zero attached hydrogens (tertiary/aromatic N) is 2. The average Bonchev–Trinajstić information content (AvgIpc) is 2.62. The molecule has 25 heavy (non-hydrogen) atoms. The first-order valence-corrected chi connectivity index (χ1v) is 8.85. The third kappa shape index (κ3) is 5.54. The van der Waals surface area contributed by atoms with Crippen LogP contribution in [0.4, 0.5) is 5.69 Å². The summed E-state index contributed by atoms with van der Waals surface area (Å²) in [7, 11) is 1.80. The van der Waals surface area contributed by atoms with E-state index in [1.807, 2.05) is 31.2 Å². The van der Waals surface area contributed by atoms with Crippen LogP contribution in [0.1, 0.15) is 32.3 Å². The van der Waals surface area contributed by atoms with E-state index >= 15 is 0 Å². The van der Waals surface area contributed by atoms with Crippen molar-refractivity contribution in [3.8, 4) is 0 Å². The second-order valence-electron chi connectivity index (χ2n) is 6.85. The van der Waals surface area contributed by atoms with E-state index in [0.717, 1.165) is 5.69 Å². The number of hydrogen-bond donors (Lipinski definition) is 1. The second-order valence-corrected chi connectivity index (χ2v) is 6.85. The van der Waals surface area contributed by atoms with Crippen LogP contribution < -0.4 is 5.32 Å². The highest BCUT2D eigenvalue weighted by Gasteiger charge is 2.23. The van der Waals surface area contributed by atoms with E-state index in [2.05, 4.69) is 19.2 Å². The number of nitrogens with one attached hydrogen (secondary N) is 1. The molecule has 1 aromatic carbocycles. The normalized spacial score (nSPS) is 16.2. The number of ether oxygens (including phenoxy) is 1. The number of hydrogen-bond acceptors (Lipinski definition) is 4. The molecule has 0 radical (unpaired) electrons. The molecule has 1 aliphatic rings. The lowest BCUT2D eigenvalue weighted by Gasteiger charge is -2.30. The predicted molar refractivity (Wildman–Crippen MR) is 98.7 cm³/mol. The molecule has 1 N–H and O–H groups in total. The number of carbonyl (C=O) groups excluding carboxylic acids is 2. The van der Waals surface area contributed by atoms with Gasteiger partial charge in [0, 0.05) is 18.8 Å². The number of morpholine rings is 1. The van der Waals surface area contributed by atoms with Crippen LogP contribution >= 0.6 is 0 Å². The van der Waals surface area contributed by atoms with E-state index < -0.39 is 6.04 Å². The number of anilines is 1. The van der Waals surface area contributed by atoms with Gasteiger partial charge in [-0.3, -0.25) is 14.5 Å². The number of carbonyl (C=O) groups is 2. The van der Waals surface area contributed by atoms with Crippen LogP contribution in [0, 0.1) is 0 Å². The minimum absolute atomic E-state index is 0.0340. The standard InChI is InChI=1S/C19H29N3O3/c1-14(2)16-5-7-17(8-6-16)20-19(24)15(3)21(4)13-18(23)22-9-11-25-12-10-22/h5-8,14-15H,9-13H2,1-4H3,(H,20,24)/t15-/m1/s1. The zero-order valence-electron chi connectivity index (χ0n) is 15.6. The summed E-state index contributed by atoms with van der Waals surface area (Å²) >= 11 is 0. The quantitative estimate of drug-likeness (QED) is 0.854. The maximum atomic E-state index is 12.4. The Morgan fingerprint density at radius 3 is 2.32 bits per heavy atom. The lowest BCUT2D eigenvalue weighted by molar-refractivity contribution is -0.137. The highest BCUT2D eigenvalue weighted by atomic mass is 16.5. The first kappa shape index (κ1) is 19.4. The van der Waals surface area contributed by atoms with E-state index in [1.165, 1.54) is 5.56 Å². The summed E-state index contributed by atoms with van der Waals surface area (Å²) in [6.07, 6.45) is 0. The summed E-state index contributed by atoms with van der Waals surface area (Å²) in [6, 6.07) is 7.49. The molecule has 6 heteroatoms. The maximum Gasteiger partial charge on any atom is 0.241 e. The fourth-order valence-corrected chi connectivity index (χ4v) is 2.66. The molecule has 0 aliphatic carbocycles. The van der Waals surface area contributed by atoms with Crippen LogP contribution in [0.15, 0.2) is 24.3 Å². The van der Waals surface area contributed by atoms with Crippen molar-refractivity contribution in [3.63, 3.8) is 0 Å². The fraction of sp³-hybridized carbons (Fsp3) is 0.579. The van der Waals surface area contributed by atoms with Gasteiger partial charge in [0.2, 0.25) is 11.8 Å². The summed E-state index contributed by atoms with van der Waals surface area (Å²) < 4.78 is 5.26. The van der Waals surface area contributed by atoms with E-state index in [0.29, 0.717) is 32.2 Å². The van der Waals surface area contributed by atoms with Crippen LogP contribution in [-0.2, 0) is 14.3 Å². The molecule has 0 saturated carbocycles. The Labute approximate surface area is 150 Å². The Morgan fingerprint density at radius 1 is 1.16 bits per heavy atom. The van der Waals surface area contributed by atoms with E-state index in [1.54, 1.807) is 16.8 Å². The third-order valence-electron chi connectivity index (χ3n) is 4.63. The minimum atomic E-state index is -0.394. The van der Waals surface area contributed by atoms with Crippen LogP contribution in [-0.4, -0.2) is 67.6 Å². The van der Waals surface area contributed by atoms with Gasteiger partial charge < -0.3 is 15.0 Å². The molecule has 0 unspecified atom stereocenters. The summed E-state index contributed by atoms with van der Waals surface area (Å²) in [5.74, 6) is 0.377. The van der Waals surface area contributed by atoms with Gasteiger partial charge in [-0.05, 0) is 37.6 Å². The highest BCUT2D eigenvalue weighted by Crippen LogP contribution is 2.17. The molecule has 2 rings (SSSR count). The molecule has 138 valence electrons. The van der Waals surface area contributed by atoms with E-state index in [-0.39, 0.29) is 18.4 Å². The molecule has 1 aliphatic heterocycles. The van der Waals surface area contributed by atoms with Gasteiger partial charge >= 0.3 is 0 Å². The van der Waals surface area contributed by atoms with Crippen molar-refractivity contribution in [2.75, 3.05) is 45.2 Å². The lowest BCUT2D eigenvalue weighted by atomic mass is 10.0. The number of amides is 2. The summed E-state index contributed by atoms with van der Waals surface area (Å²) in [5, 5.41) is 2.92. The molecule has 0 bridgehead atoms. The molecule has 0 spiro atoms. The zero-order valence-corrected chi connectivity index (χ0v) is 15.6. The number of likely N-dealkylation sites (N-methyl/N-ethyl adjacent to an activating group) is 1. The monoisotopic (exact) mass is 347 g/mol. The highest BCUT2D eigenvalue weighted by molar-refractivity contribution is 5.94. The van der Waals surface area contributed by atoms with Gasteiger partial charge in [0.05, 0.1) is 25.8 Å². The van der Waals surface area contributed by atoms with Crippen molar-refractivity contribution >= 4 is 17.5 Å². The smallest absolute Gasteiger partial charge is 0.241 e. The Kier molecular flexibility index (Phi) is 6.96. The first-order valence-electron chi connectivity index (χ1n) is 8.85. The van der Waals surface area contributed by atoms with Crippen molar-refractivity contribution in [2.45, 2.75) is 32.7 Å². The van der Waals surface area contributed by atoms with Crippen molar-refractivity contribution in [3.05, 3.63) is 29.8 Å². The Bertz CT molecular complexity index is 580. The molecule has 1 heterocycles. The Hall–Kier alpha value is -1.92. The van der Waals surface area contributed by atoms with E-state index in [4.69, 9.17) is 4.74 Å². The Balaban J connectivity index is 1.86. The van der Waals surface area contributed by atoms with Crippen molar-refractivity contribution in [1.82, 2.24) is 9.80 Å². The van der Waals surface area contributed by atoms with Crippen molar-refractivity contribution < 1.29 is 14.3 Å². The molecule has 1 saturated heterocycles. The topological polar surface area (TPSA) is 61.9 Å². The summed E-state index contributed by atoms with van der Waals surface area (Å²) in [6.45, 7) is 8.71. The largest absolute Gasteiger partial charge is 0.378 e. The van der Waals surface area contributed by atoms with Gasteiger partial charge in [-0.2, -0.15) is 0 Å². The van der Waals surface area contributed by atoms with Gasteiger partial charge in [-0.1, -0.05) is 26.0 Å². The second kappa shape index (κ2) is 8.97. The van der Waals surface area contributed by atoms with Crippen LogP contribution in [0.25, 0.3) is 0 Å². The minimum Gasteiger partial charge on any atom is -0.378 e. The van der Waals surface area contributed by atoms with Crippen LogP contribution in [0.2, 0.25) is 0 Å². The molecule has 1 aromatic rings. The van der Waals surface area contributed by atoms with Gasteiger partial charge in [0.1, 0.15) is 0 Å². The lowest BCUT2D eigenvalue weighted by Crippen LogP contribution is -2.48. The summed E-state index contributed by atoms with van der Waals surface area (Å²) in [4.78, 5) is 28.3. The van der Waals surface area contributed by atoms with E-state index in [9.17, 15) is 9.59 Å². The Morgan fingerprint density at radius 2 is 1.76 bits per heavy atom. The van der Waals surface area contributed by atoms with Gasteiger partial charge in [-0.15, -0.1) is 0 Å². The molecule has 0 aromatic heterocycles. The SMILES string of the molecule is CC(C)c1ccc(NC(=O)[C@@H](C)N(C)CC(=O)N2CCOCC2)cc1. The van der Waals surface area contributed by atoms with Crippen LogP contribution in [0.5, 0.6) is 0 Å². The van der Waals surface area contributed by atoms with Crippen molar-refractivity contribution in [2.24, 2.45) is 0 Å². The molecular weight excluding hydrogens is 318 g/mol. The zero-order chi connectivity index (χ0) is 18.4. The summed E-state index contributed by atoms with van der Waals surface area (Å²) in [5.41, 5.74) is 2.01. The first-order chi connectivity index (χ1) is 11.9. The number of benzene rings is 1. The molecular formula is C19H29N3O3. The average molecular weight is 347 g/mol. The van der Waals surface area contributed by atoms with Crippen LogP contribution in [0.3, 0.4) is 0 Å². The number of rotatable bonds is 6. The van der Waals surface area contributed by atoms with Gasteiger partial charge in [0.25, 0.3) is 0 Å². The van der Waals surface area contributed by atoms with Gasteiger partial charge in [-0.25, -0.2) is 0 Å². The fourth-order valence-electron chi connectivity index (χ4n) is 2.66. The third-order valence-corrected chi connectivity index (χ3v) is 4.63. The molecule has 1 fully saturated rings.